The standard InChI is InChI=1S/C13H18ClN3O2/c14-10-4-5-12(17-9-10)19-8-7-16-13(18)11-3-1-2-6-15-11/h4-5,9,11,15H,1-3,6-8H2,(H,16,18)/t11-/m1/s1. The van der Waals surface area contributed by atoms with Crippen LogP contribution in [0.15, 0.2) is 18.3 Å². The van der Waals surface area contributed by atoms with Gasteiger partial charge in [0.05, 0.1) is 17.6 Å². The van der Waals surface area contributed by atoms with Gasteiger partial charge in [0, 0.05) is 12.3 Å². The molecule has 19 heavy (non-hydrogen) atoms. The third kappa shape index (κ3) is 4.69. The maximum Gasteiger partial charge on any atom is 0.237 e. The number of aromatic nitrogens is 1. The van der Waals surface area contributed by atoms with Crippen molar-refractivity contribution in [2.24, 2.45) is 0 Å². The third-order valence-corrected chi connectivity index (χ3v) is 3.20. The van der Waals surface area contributed by atoms with Crippen molar-refractivity contribution in [2.75, 3.05) is 19.7 Å². The molecular formula is C13H18ClN3O2. The average molecular weight is 284 g/mol. The SMILES string of the molecule is O=C(NCCOc1ccc(Cl)cn1)[C@H]1CCCCN1. The molecule has 0 saturated carbocycles. The second-order valence-corrected chi connectivity index (χ2v) is 4.89. The van der Waals surface area contributed by atoms with Gasteiger partial charge < -0.3 is 15.4 Å². The van der Waals surface area contributed by atoms with Crippen LogP contribution < -0.4 is 15.4 Å². The first-order chi connectivity index (χ1) is 9.25. The van der Waals surface area contributed by atoms with E-state index in [0.717, 1.165) is 25.8 Å². The monoisotopic (exact) mass is 283 g/mol. The number of amides is 1. The van der Waals surface area contributed by atoms with E-state index in [-0.39, 0.29) is 11.9 Å². The molecule has 0 radical (unpaired) electrons. The molecule has 1 aliphatic rings. The maximum atomic E-state index is 11.8. The number of hydrogen-bond donors (Lipinski definition) is 2. The predicted molar refractivity (Wildman–Crippen MR) is 73.4 cm³/mol. The summed E-state index contributed by atoms with van der Waals surface area (Å²) in [5, 5.41) is 6.63. The molecule has 0 unspecified atom stereocenters. The summed E-state index contributed by atoms with van der Waals surface area (Å²) in [6.45, 7) is 1.79. The van der Waals surface area contributed by atoms with Crippen molar-refractivity contribution in [3.8, 4) is 5.88 Å². The van der Waals surface area contributed by atoms with E-state index in [0.29, 0.717) is 24.1 Å². The smallest absolute Gasteiger partial charge is 0.237 e. The van der Waals surface area contributed by atoms with Gasteiger partial charge in [0.25, 0.3) is 0 Å². The second kappa shape index (κ2) is 7.31. The number of nitrogens with one attached hydrogen (secondary N) is 2. The zero-order valence-electron chi connectivity index (χ0n) is 10.7. The van der Waals surface area contributed by atoms with Crippen molar-refractivity contribution in [3.63, 3.8) is 0 Å². The lowest BCUT2D eigenvalue weighted by Crippen LogP contribution is -2.47. The van der Waals surface area contributed by atoms with Crippen LogP contribution in [0, 0.1) is 0 Å². The zero-order chi connectivity index (χ0) is 13.5. The normalized spacial score (nSPS) is 18.9. The molecule has 1 aliphatic heterocycles. The Morgan fingerprint density at radius 1 is 1.53 bits per heavy atom. The van der Waals surface area contributed by atoms with Gasteiger partial charge in [-0.2, -0.15) is 0 Å². The highest BCUT2D eigenvalue weighted by Gasteiger charge is 2.19. The van der Waals surface area contributed by atoms with Crippen LogP contribution in [0.1, 0.15) is 19.3 Å². The number of carbonyl (C=O) groups excluding carboxylic acids is 1. The van der Waals surface area contributed by atoms with E-state index in [1.807, 2.05) is 0 Å². The summed E-state index contributed by atoms with van der Waals surface area (Å²) in [6, 6.07) is 3.36. The van der Waals surface area contributed by atoms with Gasteiger partial charge in [-0.25, -0.2) is 4.98 Å². The number of halogens is 1. The average Bonchev–Trinajstić information content (AvgIpc) is 2.46. The van der Waals surface area contributed by atoms with Crippen molar-refractivity contribution in [1.82, 2.24) is 15.6 Å². The first kappa shape index (κ1) is 14.1. The van der Waals surface area contributed by atoms with E-state index in [1.54, 1.807) is 12.1 Å². The van der Waals surface area contributed by atoms with Gasteiger partial charge in [-0.15, -0.1) is 0 Å². The Morgan fingerprint density at radius 3 is 3.11 bits per heavy atom. The molecule has 0 aromatic carbocycles. The Morgan fingerprint density at radius 2 is 2.42 bits per heavy atom. The minimum atomic E-state index is -0.0533. The van der Waals surface area contributed by atoms with Gasteiger partial charge in [0.1, 0.15) is 6.61 Å². The van der Waals surface area contributed by atoms with Crippen LogP contribution in [0.25, 0.3) is 0 Å². The highest BCUT2D eigenvalue weighted by Crippen LogP contribution is 2.11. The summed E-state index contributed by atoms with van der Waals surface area (Å²) >= 11 is 5.72. The number of rotatable bonds is 5. The number of carbonyl (C=O) groups is 1. The van der Waals surface area contributed by atoms with Gasteiger partial charge in [0.2, 0.25) is 11.8 Å². The summed E-state index contributed by atoms with van der Waals surface area (Å²) in [4.78, 5) is 15.8. The van der Waals surface area contributed by atoms with Crippen LogP contribution in [0.3, 0.4) is 0 Å². The molecule has 1 atom stereocenters. The van der Waals surface area contributed by atoms with Crippen molar-refractivity contribution in [2.45, 2.75) is 25.3 Å². The summed E-state index contributed by atoms with van der Waals surface area (Å²) in [7, 11) is 0. The van der Waals surface area contributed by atoms with Gasteiger partial charge in [-0.3, -0.25) is 4.79 Å². The number of ether oxygens (including phenoxy) is 1. The summed E-state index contributed by atoms with van der Waals surface area (Å²) < 4.78 is 5.39. The lowest BCUT2D eigenvalue weighted by molar-refractivity contribution is -0.123. The minimum absolute atomic E-state index is 0.0485. The van der Waals surface area contributed by atoms with Gasteiger partial charge in [-0.1, -0.05) is 18.0 Å². The van der Waals surface area contributed by atoms with Crippen LogP contribution in [0.4, 0.5) is 0 Å². The molecule has 2 N–H and O–H groups in total. The summed E-state index contributed by atoms with van der Waals surface area (Å²) in [5.41, 5.74) is 0. The van der Waals surface area contributed by atoms with E-state index in [1.165, 1.54) is 6.20 Å². The largest absolute Gasteiger partial charge is 0.476 e. The van der Waals surface area contributed by atoms with Gasteiger partial charge >= 0.3 is 0 Å². The molecule has 0 spiro atoms. The molecule has 1 aromatic rings. The molecular weight excluding hydrogens is 266 g/mol. The van der Waals surface area contributed by atoms with Crippen molar-refractivity contribution >= 4 is 17.5 Å². The Labute approximate surface area is 117 Å². The van der Waals surface area contributed by atoms with Crippen LogP contribution >= 0.6 is 11.6 Å². The first-order valence-electron chi connectivity index (χ1n) is 6.51. The van der Waals surface area contributed by atoms with Crippen molar-refractivity contribution in [3.05, 3.63) is 23.4 Å². The molecule has 6 heteroatoms. The van der Waals surface area contributed by atoms with E-state index in [2.05, 4.69) is 15.6 Å². The van der Waals surface area contributed by atoms with E-state index < -0.39 is 0 Å². The Kier molecular flexibility index (Phi) is 5.42. The minimum Gasteiger partial charge on any atom is -0.476 e. The third-order valence-electron chi connectivity index (χ3n) is 2.98. The lowest BCUT2D eigenvalue weighted by Gasteiger charge is -2.22. The van der Waals surface area contributed by atoms with Gasteiger partial charge in [0.15, 0.2) is 0 Å². The second-order valence-electron chi connectivity index (χ2n) is 4.46. The Bertz CT molecular complexity index is 405. The first-order valence-corrected chi connectivity index (χ1v) is 6.89. The lowest BCUT2D eigenvalue weighted by atomic mass is 10.0. The number of hydrogen-bond acceptors (Lipinski definition) is 4. The molecule has 1 saturated heterocycles. The fraction of sp³-hybridized carbons (Fsp3) is 0.538. The molecule has 0 bridgehead atoms. The fourth-order valence-corrected chi connectivity index (χ4v) is 2.09. The Hall–Kier alpha value is -1.33. The highest BCUT2D eigenvalue weighted by molar-refractivity contribution is 6.30. The van der Waals surface area contributed by atoms with Crippen LogP contribution in [0.2, 0.25) is 5.02 Å². The molecule has 1 amide bonds. The fourth-order valence-electron chi connectivity index (χ4n) is 1.98. The predicted octanol–water partition coefficient (Wildman–Crippen LogP) is 1.37. The van der Waals surface area contributed by atoms with E-state index in [4.69, 9.17) is 16.3 Å². The Balaban J connectivity index is 1.63. The van der Waals surface area contributed by atoms with Crippen LogP contribution in [-0.2, 0) is 4.79 Å². The number of piperidine rings is 1. The maximum absolute atomic E-state index is 11.8. The van der Waals surface area contributed by atoms with Crippen LogP contribution in [-0.4, -0.2) is 36.6 Å². The van der Waals surface area contributed by atoms with Crippen LogP contribution in [0.5, 0.6) is 5.88 Å². The molecule has 1 fully saturated rings. The molecule has 2 heterocycles. The summed E-state index contributed by atoms with van der Waals surface area (Å²) in [5.74, 6) is 0.557. The molecule has 1 aromatic heterocycles. The van der Waals surface area contributed by atoms with Gasteiger partial charge in [-0.05, 0) is 25.5 Å². The molecule has 5 nitrogen and oxygen atoms in total. The zero-order valence-corrected chi connectivity index (χ0v) is 11.4. The van der Waals surface area contributed by atoms with E-state index >= 15 is 0 Å². The van der Waals surface area contributed by atoms with Crippen molar-refractivity contribution < 1.29 is 9.53 Å². The highest BCUT2D eigenvalue weighted by atomic mass is 35.5. The molecule has 2 rings (SSSR count). The van der Waals surface area contributed by atoms with E-state index in [9.17, 15) is 4.79 Å². The van der Waals surface area contributed by atoms with Crippen molar-refractivity contribution in [1.29, 1.82) is 0 Å². The summed E-state index contributed by atoms with van der Waals surface area (Å²) in [6.07, 6.45) is 4.69. The quantitative estimate of drug-likeness (QED) is 0.801. The number of nitrogens with zero attached hydrogens (tertiary/aromatic N) is 1. The molecule has 0 aliphatic carbocycles. The topological polar surface area (TPSA) is 63.2 Å². The number of pyridine rings is 1. The molecule has 104 valence electrons.